The van der Waals surface area contributed by atoms with Crippen LogP contribution in [-0.2, 0) is 10.3 Å². The van der Waals surface area contributed by atoms with Gasteiger partial charge in [-0.05, 0) is 33.7 Å². The zero-order valence-electron chi connectivity index (χ0n) is 11.9. The number of aryl methyl sites for hydroxylation is 1. The largest absolute Gasteiger partial charge is 0.371 e. The van der Waals surface area contributed by atoms with Gasteiger partial charge in [0.2, 0.25) is 0 Å². The minimum absolute atomic E-state index is 0.112. The van der Waals surface area contributed by atoms with Crippen molar-refractivity contribution >= 4 is 11.3 Å². The maximum absolute atomic E-state index is 5.87. The van der Waals surface area contributed by atoms with Crippen LogP contribution in [0.5, 0.6) is 0 Å². The first-order valence-corrected chi connectivity index (χ1v) is 7.65. The van der Waals surface area contributed by atoms with Crippen LogP contribution < -0.4 is 5.32 Å². The molecule has 0 bridgehead atoms. The number of ether oxygens (including phenoxy) is 1. The Labute approximate surface area is 114 Å². The van der Waals surface area contributed by atoms with E-state index in [1.54, 1.807) is 0 Å². The first-order chi connectivity index (χ1) is 8.63. The molecule has 102 valence electrons. The third-order valence-corrected chi connectivity index (χ3v) is 5.63. The number of hydrogen-bond donors (Lipinski definition) is 1. The van der Waals surface area contributed by atoms with Crippen molar-refractivity contribution < 1.29 is 4.74 Å². The Balaban J connectivity index is 2.31. The Morgan fingerprint density at radius 1 is 1.33 bits per heavy atom. The highest BCUT2D eigenvalue weighted by Crippen LogP contribution is 2.43. The van der Waals surface area contributed by atoms with Crippen LogP contribution in [0.25, 0.3) is 0 Å². The van der Waals surface area contributed by atoms with Crippen molar-refractivity contribution in [3.8, 4) is 0 Å². The molecule has 0 aliphatic heterocycles. The van der Waals surface area contributed by atoms with E-state index in [0.717, 1.165) is 18.5 Å². The SMILES string of the molecule is CNC(C)c1sc(C2(OC)CCCCC2)nc1C. The Bertz CT molecular complexity index is 396. The third-order valence-electron chi connectivity index (χ3n) is 4.10. The predicted molar refractivity (Wildman–Crippen MR) is 76.1 cm³/mol. The lowest BCUT2D eigenvalue weighted by Gasteiger charge is -2.34. The fourth-order valence-electron chi connectivity index (χ4n) is 2.76. The summed E-state index contributed by atoms with van der Waals surface area (Å²) in [6.45, 7) is 4.29. The molecule has 1 aromatic rings. The lowest BCUT2D eigenvalue weighted by Crippen LogP contribution is -2.30. The zero-order chi connectivity index (χ0) is 13.2. The first-order valence-electron chi connectivity index (χ1n) is 6.83. The lowest BCUT2D eigenvalue weighted by atomic mass is 9.85. The highest BCUT2D eigenvalue weighted by atomic mass is 32.1. The minimum atomic E-state index is -0.112. The topological polar surface area (TPSA) is 34.1 Å². The first kappa shape index (κ1) is 14.0. The van der Waals surface area contributed by atoms with E-state index >= 15 is 0 Å². The highest BCUT2D eigenvalue weighted by molar-refractivity contribution is 7.12. The fourth-order valence-corrected chi connectivity index (χ4v) is 4.12. The van der Waals surface area contributed by atoms with E-state index in [4.69, 9.17) is 9.72 Å². The van der Waals surface area contributed by atoms with Crippen molar-refractivity contribution in [2.75, 3.05) is 14.2 Å². The summed E-state index contributed by atoms with van der Waals surface area (Å²) in [5, 5.41) is 4.48. The molecular weight excluding hydrogens is 244 g/mol. The second-order valence-corrected chi connectivity index (χ2v) is 6.27. The molecule has 1 unspecified atom stereocenters. The average molecular weight is 268 g/mol. The standard InChI is InChI=1S/C14H24N2OS/c1-10(15-3)12-11(2)16-13(18-12)14(17-4)8-6-5-7-9-14/h10,15H,5-9H2,1-4H3. The molecule has 0 saturated heterocycles. The van der Waals surface area contributed by atoms with Gasteiger partial charge in [-0.2, -0.15) is 0 Å². The van der Waals surface area contributed by atoms with Crippen LogP contribution in [0.15, 0.2) is 0 Å². The molecular formula is C14H24N2OS. The Kier molecular flexibility index (Phi) is 4.41. The van der Waals surface area contributed by atoms with Crippen molar-refractivity contribution in [1.82, 2.24) is 10.3 Å². The van der Waals surface area contributed by atoms with Gasteiger partial charge in [-0.1, -0.05) is 19.3 Å². The second kappa shape index (κ2) is 5.68. The van der Waals surface area contributed by atoms with Gasteiger partial charge in [-0.15, -0.1) is 11.3 Å². The molecule has 1 heterocycles. The van der Waals surface area contributed by atoms with Gasteiger partial charge in [-0.3, -0.25) is 0 Å². The summed E-state index contributed by atoms with van der Waals surface area (Å²) in [5.41, 5.74) is 1.04. The van der Waals surface area contributed by atoms with E-state index in [1.165, 1.54) is 29.1 Å². The van der Waals surface area contributed by atoms with Gasteiger partial charge in [-0.25, -0.2) is 4.98 Å². The van der Waals surface area contributed by atoms with Gasteiger partial charge >= 0.3 is 0 Å². The summed E-state index contributed by atoms with van der Waals surface area (Å²) in [6.07, 6.45) is 6.07. The summed E-state index contributed by atoms with van der Waals surface area (Å²) < 4.78 is 5.87. The zero-order valence-corrected chi connectivity index (χ0v) is 12.7. The number of nitrogens with one attached hydrogen (secondary N) is 1. The Morgan fingerprint density at radius 3 is 2.56 bits per heavy atom. The van der Waals surface area contributed by atoms with Crippen molar-refractivity contribution in [3.05, 3.63) is 15.6 Å². The summed E-state index contributed by atoms with van der Waals surface area (Å²) >= 11 is 1.82. The summed E-state index contributed by atoms with van der Waals surface area (Å²) in [6, 6.07) is 0.369. The van der Waals surface area contributed by atoms with E-state index in [0.29, 0.717) is 6.04 Å². The van der Waals surface area contributed by atoms with E-state index in [9.17, 15) is 0 Å². The van der Waals surface area contributed by atoms with Crippen LogP contribution >= 0.6 is 11.3 Å². The van der Waals surface area contributed by atoms with Gasteiger partial charge in [0.25, 0.3) is 0 Å². The molecule has 0 aromatic carbocycles. The van der Waals surface area contributed by atoms with Crippen molar-refractivity contribution in [1.29, 1.82) is 0 Å². The van der Waals surface area contributed by atoms with Gasteiger partial charge in [0, 0.05) is 18.0 Å². The number of aromatic nitrogens is 1. The molecule has 4 heteroatoms. The second-order valence-electron chi connectivity index (χ2n) is 5.24. The molecule has 0 amide bonds. The molecule has 1 fully saturated rings. The monoisotopic (exact) mass is 268 g/mol. The number of methoxy groups -OCH3 is 1. The van der Waals surface area contributed by atoms with Crippen LogP contribution in [0, 0.1) is 6.92 Å². The van der Waals surface area contributed by atoms with E-state index < -0.39 is 0 Å². The quantitative estimate of drug-likeness (QED) is 0.907. The molecule has 18 heavy (non-hydrogen) atoms. The molecule has 0 spiro atoms. The molecule has 1 aliphatic carbocycles. The maximum Gasteiger partial charge on any atom is 0.125 e. The normalized spacial score (nSPS) is 20.9. The smallest absolute Gasteiger partial charge is 0.125 e. The molecule has 1 aromatic heterocycles. The van der Waals surface area contributed by atoms with Crippen LogP contribution in [0.4, 0.5) is 0 Å². The minimum Gasteiger partial charge on any atom is -0.371 e. The maximum atomic E-state index is 5.87. The van der Waals surface area contributed by atoms with Crippen molar-refractivity contribution in [2.24, 2.45) is 0 Å². The molecule has 0 radical (unpaired) electrons. The van der Waals surface area contributed by atoms with Gasteiger partial charge < -0.3 is 10.1 Å². The van der Waals surface area contributed by atoms with E-state index in [2.05, 4.69) is 19.2 Å². The average Bonchev–Trinajstić information content (AvgIpc) is 2.81. The summed E-state index contributed by atoms with van der Waals surface area (Å²) in [5.74, 6) is 0. The van der Waals surface area contributed by atoms with E-state index in [1.807, 2.05) is 25.5 Å². The van der Waals surface area contributed by atoms with Gasteiger partial charge in [0.05, 0.1) is 5.69 Å². The molecule has 1 atom stereocenters. The van der Waals surface area contributed by atoms with E-state index in [-0.39, 0.29) is 5.60 Å². The molecule has 3 nitrogen and oxygen atoms in total. The number of nitrogens with zero attached hydrogens (tertiary/aromatic N) is 1. The summed E-state index contributed by atoms with van der Waals surface area (Å²) in [7, 11) is 3.83. The molecule has 1 saturated carbocycles. The van der Waals surface area contributed by atoms with Gasteiger partial charge in [0.15, 0.2) is 0 Å². The van der Waals surface area contributed by atoms with Crippen LogP contribution in [-0.4, -0.2) is 19.1 Å². The third kappa shape index (κ3) is 2.46. The van der Waals surface area contributed by atoms with Gasteiger partial charge in [0.1, 0.15) is 10.6 Å². The van der Waals surface area contributed by atoms with Crippen LogP contribution in [0.3, 0.4) is 0 Å². The molecule has 1 N–H and O–H groups in total. The Hall–Kier alpha value is -0.450. The lowest BCUT2D eigenvalue weighted by molar-refractivity contribution is -0.0446. The van der Waals surface area contributed by atoms with Crippen molar-refractivity contribution in [3.63, 3.8) is 0 Å². The molecule has 2 rings (SSSR count). The summed E-state index contributed by atoms with van der Waals surface area (Å²) in [4.78, 5) is 6.14. The van der Waals surface area contributed by atoms with Crippen molar-refractivity contribution in [2.45, 2.75) is 57.6 Å². The number of rotatable bonds is 4. The van der Waals surface area contributed by atoms with Crippen LogP contribution in [0.1, 0.15) is 60.6 Å². The fraction of sp³-hybridized carbons (Fsp3) is 0.786. The Morgan fingerprint density at radius 2 is 2.00 bits per heavy atom. The number of thiazole rings is 1. The predicted octanol–water partition coefficient (Wildman–Crippen LogP) is 3.54. The molecule has 1 aliphatic rings. The van der Waals surface area contributed by atoms with Crippen LogP contribution in [0.2, 0.25) is 0 Å². The number of hydrogen-bond acceptors (Lipinski definition) is 4. The highest BCUT2D eigenvalue weighted by Gasteiger charge is 2.37.